The Balaban J connectivity index is 1.50. The van der Waals surface area contributed by atoms with Crippen molar-refractivity contribution in [3.05, 3.63) is 87.8 Å². The molecule has 1 fully saturated rings. The fourth-order valence-electron chi connectivity index (χ4n) is 4.11. The van der Waals surface area contributed by atoms with Gasteiger partial charge in [0.05, 0.1) is 11.8 Å². The van der Waals surface area contributed by atoms with Crippen LogP contribution in [0.1, 0.15) is 41.6 Å². The molecular formula is C24H20FN5O2. The molecule has 32 heavy (non-hydrogen) atoms. The molecule has 0 atom stereocenters. The maximum absolute atomic E-state index is 14.0. The van der Waals surface area contributed by atoms with Crippen molar-refractivity contribution in [1.29, 1.82) is 0 Å². The van der Waals surface area contributed by atoms with Crippen LogP contribution < -0.4 is 5.56 Å². The van der Waals surface area contributed by atoms with Crippen molar-refractivity contribution in [3.63, 3.8) is 0 Å². The minimum Gasteiger partial charge on any atom is -0.337 e. The summed E-state index contributed by atoms with van der Waals surface area (Å²) in [5.41, 5.74) is 3.64. The zero-order valence-electron chi connectivity index (χ0n) is 17.5. The maximum Gasteiger partial charge on any atom is 0.278 e. The van der Waals surface area contributed by atoms with Crippen LogP contribution in [0.25, 0.3) is 21.9 Å². The predicted molar refractivity (Wildman–Crippen MR) is 117 cm³/mol. The molecule has 1 aliphatic carbocycles. The van der Waals surface area contributed by atoms with Crippen molar-refractivity contribution in [1.82, 2.24) is 24.3 Å². The zero-order chi connectivity index (χ0) is 21.8. The largest absolute Gasteiger partial charge is 0.337 e. The summed E-state index contributed by atoms with van der Waals surface area (Å²) >= 11 is 0. The Kier molecular flexibility index (Phi) is 4.21. The molecule has 3 aromatic heterocycles. The molecule has 0 spiro atoms. The average molecular weight is 429 g/mol. The van der Waals surface area contributed by atoms with Gasteiger partial charge in [-0.15, -0.1) is 0 Å². The summed E-state index contributed by atoms with van der Waals surface area (Å²) in [6.07, 6.45) is 3.61. The van der Waals surface area contributed by atoms with Crippen molar-refractivity contribution < 1.29 is 8.91 Å². The molecule has 0 saturated heterocycles. The Morgan fingerprint density at radius 3 is 2.72 bits per heavy atom. The van der Waals surface area contributed by atoms with Crippen LogP contribution in [0, 0.1) is 12.7 Å². The van der Waals surface area contributed by atoms with E-state index in [2.05, 4.69) is 15.1 Å². The van der Waals surface area contributed by atoms with Crippen molar-refractivity contribution in [2.75, 3.05) is 0 Å². The molecule has 3 heterocycles. The first-order valence-corrected chi connectivity index (χ1v) is 10.6. The lowest BCUT2D eigenvalue weighted by molar-refractivity contribution is 0.364. The van der Waals surface area contributed by atoms with Gasteiger partial charge in [-0.1, -0.05) is 35.0 Å². The first-order chi connectivity index (χ1) is 15.6. The highest BCUT2D eigenvalue weighted by Crippen LogP contribution is 2.38. The number of aromatic nitrogens is 5. The molecule has 7 nitrogen and oxygen atoms in total. The fourth-order valence-corrected chi connectivity index (χ4v) is 4.11. The molecule has 1 saturated carbocycles. The van der Waals surface area contributed by atoms with E-state index in [1.807, 2.05) is 35.8 Å². The van der Waals surface area contributed by atoms with Crippen LogP contribution in [0.3, 0.4) is 0 Å². The molecule has 8 heteroatoms. The maximum atomic E-state index is 14.0. The zero-order valence-corrected chi connectivity index (χ0v) is 17.5. The SMILES string of the molecule is Cc1ccc(Cn2c3ccc(F)cc3c3ncn(Cc4nc(C5CC5)no4)c(=O)c32)cc1. The van der Waals surface area contributed by atoms with E-state index >= 15 is 0 Å². The van der Waals surface area contributed by atoms with E-state index in [1.165, 1.54) is 23.0 Å². The Morgan fingerprint density at radius 1 is 1.12 bits per heavy atom. The highest BCUT2D eigenvalue weighted by molar-refractivity contribution is 6.05. The van der Waals surface area contributed by atoms with E-state index in [0.717, 1.165) is 29.5 Å². The van der Waals surface area contributed by atoms with Crippen LogP contribution in [-0.2, 0) is 13.1 Å². The molecule has 160 valence electrons. The van der Waals surface area contributed by atoms with Crippen LogP contribution in [0.5, 0.6) is 0 Å². The number of rotatable bonds is 5. The third-order valence-corrected chi connectivity index (χ3v) is 5.98. The summed E-state index contributed by atoms with van der Waals surface area (Å²) in [4.78, 5) is 22.5. The molecule has 1 aliphatic rings. The van der Waals surface area contributed by atoms with Crippen LogP contribution in [-0.4, -0.2) is 24.3 Å². The monoisotopic (exact) mass is 429 g/mol. The standard InChI is InChI=1S/C24H20FN5O2/c1-14-2-4-15(5-3-14)11-30-19-9-8-17(25)10-18(19)21-22(30)24(31)29(13-26-21)12-20-27-23(28-32-20)16-6-7-16/h2-5,8-10,13,16H,6-7,11-12H2,1H3. The van der Waals surface area contributed by atoms with E-state index in [-0.39, 0.29) is 17.9 Å². The molecule has 2 aromatic carbocycles. The lowest BCUT2D eigenvalue weighted by Gasteiger charge is -2.09. The lowest BCUT2D eigenvalue weighted by atomic mass is 10.1. The van der Waals surface area contributed by atoms with Crippen molar-refractivity contribution >= 4 is 21.9 Å². The summed E-state index contributed by atoms with van der Waals surface area (Å²) in [6.45, 7) is 2.64. The van der Waals surface area contributed by atoms with E-state index in [1.54, 1.807) is 6.07 Å². The van der Waals surface area contributed by atoms with Crippen LogP contribution >= 0.6 is 0 Å². The molecule has 0 unspecified atom stereocenters. The third-order valence-electron chi connectivity index (χ3n) is 5.98. The number of hydrogen-bond donors (Lipinski definition) is 0. The number of fused-ring (bicyclic) bond motifs is 3. The van der Waals surface area contributed by atoms with Gasteiger partial charge in [0.1, 0.15) is 23.4 Å². The molecule has 5 aromatic rings. The van der Waals surface area contributed by atoms with E-state index in [4.69, 9.17) is 4.52 Å². The minimum atomic E-state index is -0.365. The van der Waals surface area contributed by atoms with Crippen LogP contribution in [0.2, 0.25) is 0 Å². The number of nitrogens with zero attached hydrogens (tertiary/aromatic N) is 5. The lowest BCUT2D eigenvalue weighted by Crippen LogP contribution is -2.23. The first kappa shape index (κ1) is 18.9. The molecular weight excluding hydrogens is 409 g/mol. The van der Waals surface area contributed by atoms with E-state index in [0.29, 0.717) is 40.6 Å². The summed E-state index contributed by atoms with van der Waals surface area (Å²) in [6, 6.07) is 12.7. The Morgan fingerprint density at radius 2 is 1.94 bits per heavy atom. The number of hydrogen-bond acceptors (Lipinski definition) is 5. The van der Waals surface area contributed by atoms with E-state index < -0.39 is 0 Å². The molecule has 0 N–H and O–H groups in total. The molecule has 6 rings (SSSR count). The number of halogens is 1. The Bertz CT molecular complexity index is 1530. The van der Waals surface area contributed by atoms with Gasteiger partial charge in [0, 0.05) is 17.8 Å². The Hall–Kier alpha value is -3.81. The number of benzene rings is 2. The van der Waals surface area contributed by atoms with Gasteiger partial charge in [-0.25, -0.2) is 9.37 Å². The van der Waals surface area contributed by atoms with Gasteiger partial charge < -0.3 is 9.09 Å². The first-order valence-electron chi connectivity index (χ1n) is 10.6. The summed E-state index contributed by atoms with van der Waals surface area (Å²) < 4.78 is 22.8. The average Bonchev–Trinajstić information content (AvgIpc) is 3.46. The second kappa shape index (κ2) is 7.12. The van der Waals surface area contributed by atoms with Gasteiger partial charge in [-0.2, -0.15) is 4.98 Å². The second-order valence-corrected chi connectivity index (χ2v) is 8.43. The molecule has 0 bridgehead atoms. The highest BCUT2D eigenvalue weighted by Gasteiger charge is 2.29. The smallest absolute Gasteiger partial charge is 0.278 e. The van der Waals surface area contributed by atoms with E-state index in [9.17, 15) is 9.18 Å². The van der Waals surface area contributed by atoms with Gasteiger partial charge in [0.25, 0.3) is 5.56 Å². The van der Waals surface area contributed by atoms with Gasteiger partial charge >= 0.3 is 0 Å². The quantitative estimate of drug-likeness (QED) is 0.419. The van der Waals surface area contributed by atoms with Gasteiger partial charge in [0.15, 0.2) is 5.82 Å². The summed E-state index contributed by atoms with van der Waals surface area (Å²) in [7, 11) is 0. The fraction of sp³-hybridized carbons (Fsp3) is 0.250. The Labute approximate surface area is 182 Å². The molecule has 0 radical (unpaired) electrons. The van der Waals surface area contributed by atoms with Gasteiger partial charge in [-0.3, -0.25) is 9.36 Å². The molecule has 0 amide bonds. The highest BCUT2D eigenvalue weighted by atomic mass is 19.1. The third kappa shape index (κ3) is 3.19. The van der Waals surface area contributed by atoms with Crippen molar-refractivity contribution in [2.45, 2.75) is 38.8 Å². The topological polar surface area (TPSA) is 78.7 Å². The minimum absolute atomic E-state index is 0.141. The summed E-state index contributed by atoms with van der Waals surface area (Å²) in [5.74, 6) is 1.08. The van der Waals surface area contributed by atoms with Crippen LogP contribution in [0.15, 0.2) is 58.1 Å². The molecule has 0 aliphatic heterocycles. The van der Waals surface area contributed by atoms with Gasteiger partial charge in [0.2, 0.25) is 5.89 Å². The van der Waals surface area contributed by atoms with Gasteiger partial charge in [-0.05, 0) is 43.5 Å². The predicted octanol–water partition coefficient (Wildman–Crippen LogP) is 4.16. The van der Waals surface area contributed by atoms with Crippen molar-refractivity contribution in [2.24, 2.45) is 0 Å². The number of aryl methyl sites for hydroxylation is 1. The van der Waals surface area contributed by atoms with Crippen LogP contribution in [0.4, 0.5) is 4.39 Å². The van der Waals surface area contributed by atoms with Crippen molar-refractivity contribution in [3.8, 4) is 0 Å². The normalized spacial score (nSPS) is 13.9. The second-order valence-electron chi connectivity index (χ2n) is 8.43. The summed E-state index contributed by atoms with van der Waals surface area (Å²) in [5, 5.41) is 4.64.